The second-order valence-electron chi connectivity index (χ2n) is 8.80. The number of hydrogen-bond donors (Lipinski definition) is 0. The van der Waals surface area contributed by atoms with E-state index < -0.39 is 5.41 Å². The molecule has 2 spiro atoms. The first kappa shape index (κ1) is 19.8. The van der Waals surface area contributed by atoms with Gasteiger partial charge in [-0.15, -0.1) is 0 Å². The number of amides is 4. The van der Waals surface area contributed by atoms with E-state index in [4.69, 9.17) is 4.42 Å². The Morgan fingerprint density at radius 3 is 2.38 bits per heavy atom. The average Bonchev–Trinajstić information content (AvgIpc) is 3.42. The van der Waals surface area contributed by atoms with Crippen LogP contribution in [-0.4, -0.2) is 90.8 Å². The molecule has 8 nitrogen and oxygen atoms in total. The lowest BCUT2D eigenvalue weighted by Crippen LogP contribution is -2.53. The molecule has 0 radical (unpaired) electrons. The highest BCUT2D eigenvalue weighted by molar-refractivity contribution is 5.92. The zero-order valence-electron chi connectivity index (χ0n) is 17.5. The third kappa shape index (κ3) is 2.91. The van der Waals surface area contributed by atoms with Crippen LogP contribution in [0.2, 0.25) is 0 Å². The van der Waals surface area contributed by atoms with Crippen LogP contribution in [0.25, 0.3) is 0 Å². The van der Waals surface area contributed by atoms with Crippen molar-refractivity contribution in [3.8, 4) is 0 Å². The molecule has 3 fully saturated rings. The predicted molar refractivity (Wildman–Crippen MR) is 106 cm³/mol. The second-order valence-corrected chi connectivity index (χ2v) is 8.80. The van der Waals surface area contributed by atoms with Gasteiger partial charge in [0.05, 0.1) is 11.7 Å². The minimum absolute atomic E-state index is 0.0434. The van der Waals surface area contributed by atoms with Gasteiger partial charge in [-0.3, -0.25) is 9.59 Å². The molecule has 4 rings (SSSR count). The number of piperidine rings is 1. The molecule has 0 unspecified atom stereocenters. The molecular weight excluding hydrogens is 372 g/mol. The van der Waals surface area contributed by atoms with Crippen LogP contribution in [-0.2, 0) is 4.79 Å². The van der Waals surface area contributed by atoms with Crippen LogP contribution < -0.4 is 0 Å². The van der Waals surface area contributed by atoms with Crippen molar-refractivity contribution in [2.45, 2.75) is 26.2 Å². The predicted octanol–water partition coefficient (Wildman–Crippen LogP) is 1.74. The van der Waals surface area contributed by atoms with E-state index in [0.29, 0.717) is 38.5 Å². The molecule has 0 N–H and O–H groups in total. The Bertz CT molecular complexity index is 798. The molecule has 29 heavy (non-hydrogen) atoms. The van der Waals surface area contributed by atoms with Gasteiger partial charge >= 0.3 is 6.03 Å². The molecule has 1 aromatic heterocycles. The highest BCUT2D eigenvalue weighted by Crippen LogP contribution is 2.58. The number of carbonyl (C=O) groups is 3. The Labute approximate surface area is 171 Å². The topological polar surface area (TPSA) is 77.3 Å². The molecule has 0 aliphatic carbocycles. The molecule has 4 amide bonds. The molecule has 4 heterocycles. The monoisotopic (exact) mass is 402 g/mol. The Hall–Kier alpha value is -2.51. The fourth-order valence-electron chi connectivity index (χ4n) is 5.59. The number of urea groups is 1. The molecular formula is C21H30N4O4. The number of fused-ring (bicyclic) bond motifs is 1. The lowest BCUT2D eigenvalue weighted by molar-refractivity contribution is -0.141. The summed E-state index contributed by atoms with van der Waals surface area (Å²) in [7, 11) is 3.50. The van der Waals surface area contributed by atoms with Gasteiger partial charge in [-0.05, 0) is 38.3 Å². The SMILES string of the molecule is CCN1CC[C@]2(CN(C(=O)N(C)C)CC23CCN(C(=O)c2ccco2)CC3)C1=O. The smallest absolute Gasteiger partial charge is 0.319 e. The zero-order chi connectivity index (χ0) is 20.8. The van der Waals surface area contributed by atoms with Gasteiger partial charge < -0.3 is 24.0 Å². The van der Waals surface area contributed by atoms with Crippen molar-refractivity contribution in [3.05, 3.63) is 24.2 Å². The highest BCUT2D eigenvalue weighted by atomic mass is 16.3. The Kier molecular flexibility index (Phi) is 4.83. The lowest BCUT2D eigenvalue weighted by atomic mass is 9.60. The summed E-state index contributed by atoms with van der Waals surface area (Å²) >= 11 is 0. The van der Waals surface area contributed by atoms with Crippen molar-refractivity contribution in [1.29, 1.82) is 0 Å². The van der Waals surface area contributed by atoms with Gasteiger partial charge in [-0.25, -0.2) is 4.79 Å². The summed E-state index contributed by atoms with van der Waals surface area (Å²) in [6.45, 7) is 5.65. The van der Waals surface area contributed by atoms with Crippen molar-refractivity contribution in [2.75, 3.05) is 53.4 Å². The molecule has 0 saturated carbocycles. The zero-order valence-corrected chi connectivity index (χ0v) is 17.5. The number of hydrogen-bond acceptors (Lipinski definition) is 4. The summed E-state index contributed by atoms with van der Waals surface area (Å²) in [6.07, 6.45) is 3.73. The fourth-order valence-corrected chi connectivity index (χ4v) is 5.59. The maximum Gasteiger partial charge on any atom is 0.319 e. The lowest BCUT2D eigenvalue weighted by Gasteiger charge is -2.46. The average molecular weight is 402 g/mol. The van der Waals surface area contributed by atoms with Gasteiger partial charge in [0, 0.05) is 58.8 Å². The maximum absolute atomic E-state index is 13.5. The number of carbonyl (C=O) groups excluding carboxylic acids is 3. The molecule has 8 heteroatoms. The fraction of sp³-hybridized carbons (Fsp3) is 0.667. The first-order chi connectivity index (χ1) is 13.8. The van der Waals surface area contributed by atoms with Crippen molar-refractivity contribution < 1.29 is 18.8 Å². The normalized spacial score (nSPS) is 26.0. The summed E-state index contributed by atoms with van der Waals surface area (Å²) in [5.41, 5.74) is -0.811. The van der Waals surface area contributed by atoms with E-state index in [2.05, 4.69) is 0 Å². The standard InChI is InChI=1S/C21H30N4O4/c1-4-23-12-9-21(18(23)27)15-25(19(28)22(2)3)14-20(21)7-10-24(11-8-20)17(26)16-6-5-13-29-16/h5-6,13H,4,7-12,14-15H2,1-3H3/t21-/m0/s1. The highest BCUT2D eigenvalue weighted by Gasteiger charge is 2.66. The Balaban J connectivity index is 1.59. The van der Waals surface area contributed by atoms with Gasteiger partial charge in [0.1, 0.15) is 0 Å². The quantitative estimate of drug-likeness (QED) is 0.755. The molecule has 158 valence electrons. The van der Waals surface area contributed by atoms with Crippen LogP contribution >= 0.6 is 0 Å². The van der Waals surface area contributed by atoms with Crippen molar-refractivity contribution in [1.82, 2.24) is 19.6 Å². The summed E-state index contributed by atoms with van der Waals surface area (Å²) in [6, 6.07) is 3.35. The van der Waals surface area contributed by atoms with E-state index in [0.717, 1.165) is 25.8 Å². The van der Waals surface area contributed by atoms with Crippen LogP contribution in [0.1, 0.15) is 36.7 Å². The first-order valence-electron chi connectivity index (χ1n) is 10.4. The third-order valence-corrected chi connectivity index (χ3v) is 7.25. The van der Waals surface area contributed by atoms with Crippen LogP contribution in [0.5, 0.6) is 0 Å². The number of nitrogens with zero attached hydrogens (tertiary/aromatic N) is 4. The number of likely N-dealkylation sites (tertiary alicyclic amines) is 3. The van der Waals surface area contributed by atoms with Gasteiger partial charge in [-0.1, -0.05) is 0 Å². The largest absolute Gasteiger partial charge is 0.459 e. The van der Waals surface area contributed by atoms with Crippen molar-refractivity contribution in [3.63, 3.8) is 0 Å². The summed E-state index contributed by atoms with van der Waals surface area (Å²) in [5, 5.41) is 0. The molecule has 3 saturated heterocycles. The molecule has 1 aromatic rings. The molecule has 0 aromatic carbocycles. The van der Waals surface area contributed by atoms with E-state index in [1.807, 2.05) is 21.6 Å². The Morgan fingerprint density at radius 1 is 1.10 bits per heavy atom. The van der Waals surface area contributed by atoms with E-state index in [9.17, 15) is 14.4 Å². The Morgan fingerprint density at radius 2 is 1.83 bits per heavy atom. The van der Waals surface area contributed by atoms with Gasteiger partial charge in [0.15, 0.2) is 5.76 Å². The first-order valence-corrected chi connectivity index (χ1v) is 10.4. The number of furan rings is 1. The van der Waals surface area contributed by atoms with Gasteiger partial charge in [-0.2, -0.15) is 0 Å². The summed E-state index contributed by atoms with van der Waals surface area (Å²) in [5.74, 6) is 0.423. The van der Waals surface area contributed by atoms with Crippen LogP contribution in [0.3, 0.4) is 0 Å². The maximum atomic E-state index is 13.5. The molecule has 0 bridgehead atoms. The van der Waals surface area contributed by atoms with Crippen molar-refractivity contribution in [2.24, 2.45) is 10.8 Å². The van der Waals surface area contributed by atoms with E-state index in [-0.39, 0.29) is 23.3 Å². The number of rotatable bonds is 2. The van der Waals surface area contributed by atoms with E-state index >= 15 is 0 Å². The molecule has 3 aliphatic heterocycles. The summed E-state index contributed by atoms with van der Waals surface area (Å²) in [4.78, 5) is 46.1. The van der Waals surface area contributed by atoms with E-state index in [1.165, 1.54) is 6.26 Å². The molecule has 3 aliphatic rings. The minimum atomic E-state index is -0.533. The van der Waals surface area contributed by atoms with E-state index in [1.54, 1.807) is 31.1 Å². The third-order valence-electron chi connectivity index (χ3n) is 7.25. The van der Waals surface area contributed by atoms with Crippen molar-refractivity contribution >= 4 is 17.8 Å². The van der Waals surface area contributed by atoms with Crippen LogP contribution in [0, 0.1) is 10.8 Å². The molecule has 1 atom stereocenters. The summed E-state index contributed by atoms with van der Waals surface area (Å²) < 4.78 is 5.27. The van der Waals surface area contributed by atoms with Crippen LogP contribution in [0.4, 0.5) is 4.79 Å². The van der Waals surface area contributed by atoms with Gasteiger partial charge in [0.25, 0.3) is 5.91 Å². The minimum Gasteiger partial charge on any atom is -0.459 e. The van der Waals surface area contributed by atoms with Gasteiger partial charge in [0.2, 0.25) is 5.91 Å². The second kappa shape index (κ2) is 7.07. The van der Waals surface area contributed by atoms with Crippen LogP contribution in [0.15, 0.2) is 22.8 Å².